The van der Waals surface area contributed by atoms with Crippen LogP contribution in [0.5, 0.6) is 0 Å². The third-order valence-corrected chi connectivity index (χ3v) is 5.93. The number of halogens is 4. The maximum atomic E-state index is 12.6. The fourth-order valence-corrected chi connectivity index (χ4v) is 4.30. The number of ether oxygens (including phenoxy) is 1. The van der Waals surface area contributed by atoms with Gasteiger partial charge < -0.3 is 19.5 Å². The second-order valence-electron chi connectivity index (χ2n) is 7.89. The van der Waals surface area contributed by atoms with E-state index in [4.69, 9.17) is 20.9 Å². The lowest BCUT2D eigenvalue weighted by Crippen LogP contribution is -2.44. The first-order valence-electron chi connectivity index (χ1n) is 10.3. The van der Waals surface area contributed by atoms with Crippen molar-refractivity contribution in [2.45, 2.75) is 19.1 Å². The number of rotatable bonds is 4. The molecule has 2 aromatic heterocycles. The molecule has 4 aromatic rings. The van der Waals surface area contributed by atoms with Gasteiger partial charge in [0.2, 0.25) is 0 Å². The van der Waals surface area contributed by atoms with Gasteiger partial charge in [-0.05, 0) is 36.8 Å². The van der Waals surface area contributed by atoms with E-state index in [1.807, 2.05) is 18.2 Å². The molecule has 1 fully saturated rings. The fourth-order valence-electron chi connectivity index (χ4n) is 4.04. The summed E-state index contributed by atoms with van der Waals surface area (Å²) in [5, 5.41) is 17.2. The van der Waals surface area contributed by atoms with Gasteiger partial charge in [0, 0.05) is 22.9 Å². The fraction of sp³-hybridized carbons (Fsp3) is 0.318. The number of benzene rings is 2. The third-order valence-electron chi connectivity index (χ3n) is 5.62. The predicted molar refractivity (Wildman–Crippen MR) is 120 cm³/mol. The van der Waals surface area contributed by atoms with Gasteiger partial charge in [-0.3, -0.25) is 0 Å². The van der Waals surface area contributed by atoms with Crippen LogP contribution in [-0.2, 0) is 4.74 Å². The van der Waals surface area contributed by atoms with E-state index in [2.05, 4.69) is 32.5 Å². The summed E-state index contributed by atoms with van der Waals surface area (Å²) >= 11 is 6.48. The van der Waals surface area contributed by atoms with Crippen molar-refractivity contribution in [3.63, 3.8) is 0 Å². The minimum absolute atomic E-state index is 0.00971. The standard InChI is InChI=1S/C22H19ClF3N5O2/c1-12-10-32-7-6-31(12)21-15-3-2-13(8-14(15)9-28-29-21)18-17(23)5-4-16-19(18)33-30-20(16)27-11-22(24,25)26/h2-5,8-9,12H,6-7,10-11H2,1H3,(H,27,30)/t12-/m0/s1. The quantitative estimate of drug-likeness (QED) is 0.428. The smallest absolute Gasteiger partial charge is 0.377 e. The number of fused-ring (bicyclic) bond motifs is 2. The summed E-state index contributed by atoms with van der Waals surface area (Å²) in [6, 6.07) is 9.09. The Labute approximate surface area is 191 Å². The van der Waals surface area contributed by atoms with Crippen molar-refractivity contribution in [2.24, 2.45) is 0 Å². The maximum absolute atomic E-state index is 12.6. The summed E-state index contributed by atoms with van der Waals surface area (Å²) in [4.78, 5) is 2.17. The lowest BCUT2D eigenvalue weighted by atomic mass is 10.00. The average Bonchev–Trinajstić information content (AvgIpc) is 3.20. The molecule has 33 heavy (non-hydrogen) atoms. The summed E-state index contributed by atoms with van der Waals surface area (Å²) in [6.07, 6.45) is -2.71. The second-order valence-corrected chi connectivity index (χ2v) is 8.29. The molecule has 0 amide bonds. The van der Waals surface area contributed by atoms with Crippen molar-refractivity contribution >= 4 is 45.0 Å². The Kier molecular flexibility index (Phi) is 5.49. The van der Waals surface area contributed by atoms with Crippen molar-refractivity contribution in [3.05, 3.63) is 41.6 Å². The molecular formula is C22H19ClF3N5O2. The highest BCUT2D eigenvalue weighted by molar-refractivity contribution is 6.35. The van der Waals surface area contributed by atoms with E-state index in [0.717, 1.165) is 22.2 Å². The van der Waals surface area contributed by atoms with Crippen LogP contribution in [0.4, 0.5) is 24.8 Å². The molecule has 11 heteroatoms. The summed E-state index contributed by atoms with van der Waals surface area (Å²) < 4.78 is 48.8. The first kappa shape index (κ1) is 21.7. The van der Waals surface area contributed by atoms with Gasteiger partial charge >= 0.3 is 6.18 Å². The van der Waals surface area contributed by atoms with Crippen molar-refractivity contribution in [3.8, 4) is 11.1 Å². The molecule has 2 aromatic carbocycles. The number of aromatic nitrogens is 3. The molecule has 0 unspecified atom stereocenters. The normalized spacial score (nSPS) is 17.1. The van der Waals surface area contributed by atoms with E-state index in [0.29, 0.717) is 41.3 Å². The van der Waals surface area contributed by atoms with E-state index in [1.165, 1.54) is 0 Å². The minimum Gasteiger partial charge on any atom is -0.377 e. The van der Waals surface area contributed by atoms with Crippen molar-refractivity contribution in [2.75, 3.05) is 36.5 Å². The predicted octanol–water partition coefficient (Wildman–Crippen LogP) is 5.29. The zero-order valence-electron chi connectivity index (χ0n) is 17.5. The Morgan fingerprint density at radius 1 is 1.21 bits per heavy atom. The van der Waals surface area contributed by atoms with Crippen LogP contribution in [0, 0.1) is 0 Å². The molecule has 0 spiro atoms. The second kappa shape index (κ2) is 8.35. The van der Waals surface area contributed by atoms with Crippen LogP contribution >= 0.6 is 11.6 Å². The van der Waals surface area contributed by atoms with Crippen LogP contribution < -0.4 is 10.2 Å². The molecule has 3 heterocycles. The van der Waals surface area contributed by atoms with Crippen LogP contribution in [-0.4, -0.2) is 53.9 Å². The zero-order chi connectivity index (χ0) is 23.2. The van der Waals surface area contributed by atoms with Crippen molar-refractivity contribution in [1.29, 1.82) is 0 Å². The number of hydrogen-bond donors (Lipinski definition) is 1. The Balaban J connectivity index is 1.57. The van der Waals surface area contributed by atoms with Crippen LogP contribution in [0.1, 0.15) is 6.92 Å². The molecule has 0 saturated carbocycles. The Bertz CT molecular complexity index is 1330. The highest BCUT2D eigenvalue weighted by Crippen LogP contribution is 2.39. The molecule has 1 aliphatic rings. The molecule has 5 rings (SSSR count). The Hall–Kier alpha value is -3.11. The minimum atomic E-state index is -4.38. The highest BCUT2D eigenvalue weighted by atomic mass is 35.5. The van der Waals surface area contributed by atoms with Crippen molar-refractivity contribution in [1.82, 2.24) is 15.4 Å². The van der Waals surface area contributed by atoms with Gasteiger partial charge in [-0.2, -0.15) is 18.3 Å². The number of nitrogens with one attached hydrogen (secondary N) is 1. The first-order valence-corrected chi connectivity index (χ1v) is 10.7. The van der Waals surface area contributed by atoms with Gasteiger partial charge in [-0.25, -0.2) is 0 Å². The molecule has 1 atom stereocenters. The Morgan fingerprint density at radius 3 is 2.82 bits per heavy atom. The first-order chi connectivity index (χ1) is 15.8. The average molecular weight is 478 g/mol. The van der Waals surface area contributed by atoms with Gasteiger partial charge in [-0.15, -0.1) is 5.10 Å². The van der Waals surface area contributed by atoms with Crippen LogP contribution in [0.3, 0.4) is 0 Å². The highest BCUT2D eigenvalue weighted by Gasteiger charge is 2.28. The third kappa shape index (κ3) is 4.16. The number of hydrogen-bond acceptors (Lipinski definition) is 7. The lowest BCUT2D eigenvalue weighted by Gasteiger charge is -2.34. The molecule has 0 aliphatic carbocycles. The van der Waals surface area contributed by atoms with Crippen LogP contribution in [0.15, 0.2) is 41.1 Å². The van der Waals surface area contributed by atoms with Gasteiger partial charge in [-0.1, -0.05) is 22.8 Å². The summed E-state index contributed by atoms with van der Waals surface area (Å²) in [7, 11) is 0. The largest absolute Gasteiger partial charge is 0.405 e. The molecule has 172 valence electrons. The summed E-state index contributed by atoms with van der Waals surface area (Å²) in [5.41, 5.74) is 1.57. The van der Waals surface area contributed by atoms with E-state index in [-0.39, 0.29) is 11.9 Å². The molecule has 7 nitrogen and oxygen atoms in total. The van der Waals surface area contributed by atoms with Crippen LogP contribution in [0.25, 0.3) is 32.9 Å². The van der Waals surface area contributed by atoms with E-state index in [9.17, 15) is 13.2 Å². The SMILES string of the molecule is C[C@H]1COCCN1c1nncc2cc(-c3c(Cl)ccc4c(NCC(F)(F)F)noc34)ccc12. The summed E-state index contributed by atoms with van der Waals surface area (Å²) in [6.45, 7) is 2.80. The molecule has 1 aliphatic heterocycles. The van der Waals surface area contributed by atoms with Gasteiger partial charge in [0.05, 0.1) is 35.9 Å². The van der Waals surface area contributed by atoms with E-state index < -0.39 is 12.7 Å². The molecule has 0 bridgehead atoms. The topological polar surface area (TPSA) is 76.3 Å². The number of nitrogens with zero attached hydrogens (tertiary/aromatic N) is 4. The van der Waals surface area contributed by atoms with E-state index in [1.54, 1.807) is 18.3 Å². The molecular weight excluding hydrogens is 459 g/mol. The molecule has 1 saturated heterocycles. The number of anilines is 2. The maximum Gasteiger partial charge on any atom is 0.405 e. The van der Waals surface area contributed by atoms with Gasteiger partial charge in [0.1, 0.15) is 6.54 Å². The number of morpholine rings is 1. The van der Waals surface area contributed by atoms with E-state index >= 15 is 0 Å². The van der Waals surface area contributed by atoms with Crippen LogP contribution in [0.2, 0.25) is 5.02 Å². The molecule has 0 radical (unpaired) electrons. The van der Waals surface area contributed by atoms with Crippen molar-refractivity contribution < 1.29 is 22.4 Å². The van der Waals surface area contributed by atoms with Gasteiger partial charge in [0.15, 0.2) is 17.2 Å². The molecule has 1 N–H and O–H groups in total. The zero-order valence-corrected chi connectivity index (χ0v) is 18.2. The van der Waals surface area contributed by atoms with Gasteiger partial charge in [0.25, 0.3) is 0 Å². The lowest BCUT2D eigenvalue weighted by molar-refractivity contribution is -0.115. The number of alkyl halides is 3. The monoisotopic (exact) mass is 477 g/mol. The summed E-state index contributed by atoms with van der Waals surface area (Å²) in [5.74, 6) is 0.785. The Morgan fingerprint density at radius 2 is 2.03 bits per heavy atom.